The smallest absolute Gasteiger partial charge is 0.340 e. The van der Waals surface area contributed by atoms with Crippen molar-refractivity contribution >= 4 is 23.9 Å². The summed E-state index contributed by atoms with van der Waals surface area (Å²) in [6.45, 7) is -0.739. The fourth-order valence-electron chi connectivity index (χ4n) is 4.66. The number of hydrogen-bond donors (Lipinski definition) is 0. The molecule has 0 amide bonds. The highest BCUT2D eigenvalue weighted by atomic mass is 19.3. The summed E-state index contributed by atoms with van der Waals surface area (Å²) in [6, 6.07) is 29.9. The lowest BCUT2D eigenvalue weighted by Crippen LogP contribution is -2.60. The third-order valence-electron chi connectivity index (χ3n) is 6.92. The van der Waals surface area contributed by atoms with E-state index >= 15 is 8.78 Å². The minimum absolute atomic E-state index is 0.0141. The Labute approximate surface area is 256 Å². The molecule has 0 unspecified atom stereocenters. The minimum atomic E-state index is -3.64. The first-order valence-corrected chi connectivity index (χ1v) is 13.8. The maximum atomic E-state index is 15.5. The average Bonchev–Trinajstić information content (AvgIpc) is 3.36. The van der Waals surface area contributed by atoms with Crippen molar-refractivity contribution in [2.45, 2.75) is 30.5 Å². The van der Waals surface area contributed by atoms with Crippen LogP contribution in [-0.4, -0.2) is 61.0 Å². The van der Waals surface area contributed by atoms with Crippen molar-refractivity contribution < 1.29 is 51.6 Å². The number of hydrogen-bond acceptors (Lipinski definition) is 9. The van der Waals surface area contributed by atoms with Crippen molar-refractivity contribution in [3.63, 3.8) is 0 Å². The van der Waals surface area contributed by atoms with Crippen molar-refractivity contribution in [2.75, 3.05) is 6.61 Å². The molecule has 5 rings (SSSR count). The quantitative estimate of drug-likeness (QED) is 0.168. The molecule has 1 fully saturated rings. The predicted octanol–water partition coefficient (Wildman–Crippen LogP) is 5.51. The number of ether oxygens (including phenoxy) is 5. The van der Waals surface area contributed by atoms with Crippen molar-refractivity contribution in [3.05, 3.63) is 144 Å². The summed E-state index contributed by atoms with van der Waals surface area (Å²) >= 11 is 0. The number of carbonyl (C=O) groups is 4. The van der Waals surface area contributed by atoms with Crippen LogP contribution < -0.4 is 0 Å². The summed E-state index contributed by atoms with van der Waals surface area (Å²) in [5.41, 5.74) is -3.19. The third kappa shape index (κ3) is 6.89. The van der Waals surface area contributed by atoms with Gasteiger partial charge in [0.25, 0.3) is 18.3 Å². The van der Waals surface area contributed by atoms with E-state index in [0.29, 0.717) is 0 Å². The second kappa shape index (κ2) is 13.9. The van der Waals surface area contributed by atoms with Crippen LogP contribution in [0.4, 0.5) is 8.78 Å². The van der Waals surface area contributed by atoms with Crippen LogP contribution >= 0.6 is 0 Å². The van der Waals surface area contributed by atoms with Gasteiger partial charge in [0.05, 0.1) is 22.3 Å². The molecule has 45 heavy (non-hydrogen) atoms. The van der Waals surface area contributed by atoms with Gasteiger partial charge in [-0.05, 0) is 48.5 Å². The fraction of sp³-hybridized carbons (Fsp3) is 0.176. The van der Waals surface area contributed by atoms with Gasteiger partial charge in [-0.3, -0.25) is 0 Å². The Bertz CT molecular complexity index is 1620. The summed E-state index contributed by atoms with van der Waals surface area (Å²) in [7, 11) is 0. The van der Waals surface area contributed by atoms with Crippen LogP contribution in [0.3, 0.4) is 0 Å². The van der Waals surface area contributed by atoms with Gasteiger partial charge in [-0.1, -0.05) is 72.8 Å². The van der Waals surface area contributed by atoms with Gasteiger partial charge in [0, 0.05) is 0 Å². The van der Waals surface area contributed by atoms with Crippen molar-refractivity contribution in [3.8, 4) is 0 Å². The fourth-order valence-corrected chi connectivity index (χ4v) is 4.66. The molecule has 0 bridgehead atoms. The highest BCUT2D eigenvalue weighted by molar-refractivity contribution is 5.92. The summed E-state index contributed by atoms with van der Waals surface area (Å²) in [4.78, 5) is 52.4. The number of carbonyl (C=O) groups excluding carboxylic acids is 4. The Morgan fingerprint density at radius 3 is 1.44 bits per heavy atom. The van der Waals surface area contributed by atoms with Crippen molar-refractivity contribution in [1.29, 1.82) is 0 Å². The van der Waals surface area contributed by atoms with Crippen molar-refractivity contribution in [2.24, 2.45) is 0 Å². The van der Waals surface area contributed by atoms with E-state index in [2.05, 4.69) is 0 Å². The molecule has 1 aliphatic heterocycles. The third-order valence-corrected chi connectivity index (χ3v) is 6.92. The molecule has 0 aliphatic carbocycles. The Kier molecular flexibility index (Phi) is 9.59. The Morgan fingerprint density at radius 1 is 0.600 bits per heavy atom. The Morgan fingerprint density at radius 2 is 1.00 bits per heavy atom. The molecule has 1 saturated heterocycles. The predicted molar refractivity (Wildman–Crippen MR) is 153 cm³/mol. The largest absolute Gasteiger partial charge is 0.459 e. The molecule has 230 valence electrons. The molecule has 0 radical (unpaired) electrons. The molecule has 1 heterocycles. The van der Waals surface area contributed by atoms with E-state index in [9.17, 15) is 19.2 Å². The molecule has 9 nitrogen and oxygen atoms in total. The molecule has 4 atom stereocenters. The number of alkyl halides is 2. The lowest BCUT2D eigenvalue weighted by Gasteiger charge is -2.35. The van der Waals surface area contributed by atoms with Crippen LogP contribution in [0.2, 0.25) is 0 Å². The standard InChI is InChI=1S/C34H26F2O9/c35-32(36)34(45-31(40)25-19-11-4-12-20-25)27(43-29(38)23-15-7-2-8-16-23)26(21-41-28(37)22-13-5-1-6-14-22)42-33(34)44-30(39)24-17-9-3-10-18-24/h1-20,26-27,32-33H,21H2/t26-,27-,33-,34+/m1/s1. The molecular formula is C34H26F2O9. The summed E-state index contributed by atoms with van der Waals surface area (Å²) < 4.78 is 58.5. The van der Waals surface area contributed by atoms with Crippen LogP contribution in [0.5, 0.6) is 0 Å². The molecule has 0 N–H and O–H groups in total. The normalized spacial score (nSPS) is 20.6. The minimum Gasteiger partial charge on any atom is -0.459 e. The van der Waals surface area contributed by atoms with Gasteiger partial charge >= 0.3 is 23.9 Å². The highest BCUT2D eigenvalue weighted by Crippen LogP contribution is 2.43. The molecule has 0 saturated carbocycles. The van der Waals surface area contributed by atoms with E-state index in [-0.39, 0.29) is 22.3 Å². The van der Waals surface area contributed by atoms with Crippen LogP contribution in [0.25, 0.3) is 0 Å². The Hall–Kier alpha value is -5.42. The zero-order chi connectivity index (χ0) is 31.8. The second-order valence-electron chi connectivity index (χ2n) is 9.84. The Balaban J connectivity index is 1.55. The topological polar surface area (TPSA) is 114 Å². The van der Waals surface area contributed by atoms with Crippen molar-refractivity contribution in [1.82, 2.24) is 0 Å². The van der Waals surface area contributed by atoms with Crippen LogP contribution in [-0.2, 0) is 23.7 Å². The van der Waals surface area contributed by atoms with Crippen LogP contribution in [0.15, 0.2) is 121 Å². The van der Waals surface area contributed by atoms with E-state index in [1.165, 1.54) is 84.9 Å². The second-order valence-corrected chi connectivity index (χ2v) is 9.84. The highest BCUT2D eigenvalue weighted by Gasteiger charge is 2.70. The van der Waals surface area contributed by atoms with Crippen LogP contribution in [0.1, 0.15) is 41.4 Å². The van der Waals surface area contributed by atoms with Gasteiger partial charge < -0.3 is 23.7 Å². The van der Waals surface area contributed by atoms with E-state index in [1.807, 2.05) is 0 Å². The molecule has 0 spiro atoms. The summed E-state index contributed by atoms with van der Waals surface area (Å²) in [6.07, 6.45) is -9.72. The SMILES string of the molecule is O=C(OC[C@H]1O[C@H](OC(=O)c2ccccc2)[C@@](OC(=O)c2ccccc2)(C(F)F)[C@@H]1OC(=O)c1ccccc1)c1ccccc1. The van der Waals surface area contributed by atoms with E-state index in [0.717, 1.165) is 0 Å². The lowest BCUT2D eigenvalue weighted by molar-refractivity contribution is -0.226. The molecular weight excluding hydrogens is 590 g/mol. The molecule has 4 aromatic carbocycles. The van der Waals surface area contributed by atoms with Gasteiger partial charge in [-0.15, -0.1) is 0 Å². The van der Waals surface area contributed by atoms with Gasteiger partial charge in [-0.25, -0.2) is 28.0 Å². The number of benzene rings is 4. The maximum Gasteiger partial charge on any atom is 0.340 e. The lowest BCUT2D eigenvalue weighted by atomic mass is 9.94. The summed E-state index contributed by atoms with van der Waals surface area (Å²) in [5.74, 6) is -4.22. The number of halogens is 2. The van der Waals surface area contributed by atoms with E-state index < -0.39 is 61.0 Å². The average molecular weight is 617 g/mol. The first-order chi connectivity index (χ1) is 21.8. The van der Waals surface area contributed by atoms with Gasteiger partial charge in [0.15, 0.2) is 6.10 Å². The van der Waals surface area contributed by atoms with Gasteiger partial charge in [0.2, 0.25) is 0 Å². The van der Waals surface area contributed by atoms with Gasteiger partial charge in [0.1, 0.15) is 12.7 Å². The van der Waals surface area contributed by atoms with E-state index in [1.54, 1.807) is 36.4 Å². The molecule has 11 heteroatoms. The molecule has 0 aromatic heterocycles. The zero-order valence-electron chi connectivity index (χ0n) is 23.5. The number of esters is 4. The number of rotatable bonds is 10. The monoisotopic (exact) mass is 616 g/mol. The molecule has 1 aliphatic rings. The first kappa shape index (κ1) is 31.0. The summed E-state index contributed by atoms with van der Waals surface area (Å²) in [5, 5.41) is 0. The van der Waals surface area contributed by atoms with Crippen LogP contribution in [0, 0.1) is 0 Å². The van der Waals surface area contributed by atoms with Gasteiger partial charge in [-0.2, -0.15) is 0 Å². The zero-order valence-corrected chi connectivity index (χ0v) is 23.5. The maximum absolute atomic E-state index is 15.5. The van der Waals surface area contributed by atoms with E-state index in [4.69, 9.17) is 23.7 Å². The first-order valence-electron chi connectivity index (χ1n) is 13.8. The molecule has 4 aromatic rings.